The Hall–Kier alpha value is -0.670. The SMILES string of the molecule is Cc1cccc(S(=O)C(C)CCN)c1. The molecule has 0 heterocycles. The fourth-order valence-electron chi connectivity index (χ4n) is 1.31. The normalized spacial score (nSPS) is 15.1. The lowest BCUT2D eigenvalue weighted by Crippen LogP contribution is -2.16. The number of hydrogen-bond acceptors (Lipinski definition) is 2. The molecule has 0 aliphatic rings. The van der Waals surface area contributed by atoms with Gasteiger partial charge in [-0.15, -0.1) is 0 Å². The zero-order chi connectivity index (χ0) is 10.6. The van der Waals surface area contributed by atoms with Gasteiger partial charge in [-0.05, 0) is 37.6 Å². The fraction of sp³-hybridized carbons (Fsp3) is 0.455. The van der Waals surface area contributed by atoms with Crippen LogP contribution < -0.4 is 5.73 Å². The van der Waals surface area contributed by atoms with Gasteiger partial charge in [-0.3, -0.25) is 4.21 Å². The number of nitrogens with two attached hydrogens (primary N) is 1. The smallest absolute Gasteiger partial charge is 0.0558 e. The number of aryl methyl sites for hydroxylation is 1. The topological polar surface area (TPSA) is 43.1 Å². The van der Waals surface area contributed by atoms with E-state index in [-0.39, 0.29) is 5.25 Å². The van der Waals surface area contributed by atoms with Crippen molar-refractivity contribution in [2.75, 3.05) is 6.54 Å². The van der Waals surface area contributed by atoms with Gasteiger partial charge in [-0.1, -0.05) is 19.1 Å². The highest BCUT2D eigenvalue weighted by molar-refractivity contribution is 7.85. The Bertz CT molecular complexity index is 325. The average Bonchev–Trinajstić information content (AvgIpc) is 2.17. The van der Waals surface area contributed by atoms with Gasteiger partial charge in [-0.2, -0.15) is 0 Å². The molecule has 0 fully saturated rings. The fourth-order valence-corrected chi connectivity index (χ4v) is 2.64. The van der Waals surface area contributed by atoms with Crippen LogP contribution in [0.1, 0.15) is 18.9 Å². The van der Waals surface area contributed by atoms with Gasteiger partial charge in [-0.25, -0.2) is 0 Å². The first-order valence-corrected chi connectivity index (χ1v) is 6.03. The number of benzene rings is 1. The van der Waals surface area contributed by atoms with Gasteiger partial charge in [0.25, 0.3) is 0 Å². The molecule has 0 amide bonds. The lowest BCUT2D eigenvalue weighted by atomic mass is 10.2. The second-order valence-electron chi connectivity index (χ2n) is 3.50. The summed E-state index contributed by atoms with van der Waals surface area (Å²) in [5.41, 5.74) is 6.59. The molecule has 78 valence electrons. The van der Waals surface area contributed by atoms with Crippen LogP contribution in [-0.4, -0.2) is 16.0 Å². The number of rotatable bonds is 4. The van der Waals surface area contributed by atoms with Crippen LogP contribution in [-0.2, 0) is 10.8 Å². The Morgan fingerprint density at radius 3 is 2.79 bits per heavy atom. The summed E-state index contributed by atoms with van der Waals surface area (Å²) >= 11 is 0. The maximum atomic E-state index is 11.9. The lowest BCUT2D eigenvalue weighted by molar-refractivity contribution is 0.666. The van der Waals surface area contributed by atoms with E-state index in [2.05, 4.69) is 0 Å². The first-order valence-electron chi connectivity index (χ1n) is 4.82. The Morgan fingerprint density at radius 1 is 1.50 bits per heavy atom. The molecule has 0 bridgehead atoms. The molecule has 2 N–H and O–H groups in total. The minimum absolute atomic E-state index is 0.141. The zero-order valence-electron chi connectivity index (χ0n) is 8.69. The highest BCUT2D eigenvalue weighted by Gasteiger charge is 2.11. The van der Waals surface area contributed by atoms with Gasteiger partial charge >= 0.3 is 0 Å². The largest absolute Gasteiger partial charge is 0.330 e. The van der Waals surface area contributed by atoms with E-state index >= 15 is 0 Å². The van der Waals surface area contributed by atoms with Gasteiger partial charge in [0.15, 0.2) is 0 Å². The maximum Gasteiger partial charge on any atom is 0.0558 e. The van der Waals surface area contributed by atoms with Gasteiger partial charge in [0, 0.05) is 10.1 Å². The molecule has 2 atom stereocenters. The molecule has 0 saturated heterocycles. The van der Waals surface area contributed by atoms with Crippen molar-refractivity contribution >= 4 is 10.8 Å². The minimum Gasteiger partial charge on any atom is -0.330 e. The third-order valence-corrected chi connectivity index (χ3v) is 3.85. The standard InChI is InChI=1S/C11H17NOS/c1-9-4-3-5-11(8-9)14(13)10(2)6-7-12/h3-5,8,10H,6-7,12H2,1-2H3. The molecule has 1 rings (SSSR count). The van der Waals surface area contributed by atoms with E-state index in [1.54, 1.807) is 0 Å². The summed E-state index contributed by atoms with van der Waals surface area (Å²) in [6.07, 6.45) is 0.806. The summed E-state index contributed by atoms with van der Waals surface area (Å²) in [5, 5.41) is 0.141. The van der Waals surface area contributed by atoms with E-state index < -0.39 is 10.8 Å². The van der Waals surface area contributed by atoms with Crippen molar-refractivity contribution in [2.24, 2.45) is 5.73 Å². The highest BCUT2D eigenvalue weighted by atomic mass is 32.2. The minimum atomic E-state index is -0.918. The Kier molecular flexibility index (Phi) is 4.29. The molecule has 3 heteroatoms. The van der Waals surface area contributed by atoms with E-state index in [9.17, 15) is 4.21 Å². The van der Waals surface area contributed by atoms with Crippen LogP contribution in [0.2, 0.25) is 0 Å². The summed E-state index contributed by atoms with van der Waals surface area (Å²) in [5.74, 6) is 0. The highest BCUT2D eigenvalue weighted by Crippen LogP contribution is 2.14. The van der Waals surface area contributed by atoms with E-state index in [4.69, 9.17) is 5.73 Å². The zero-order valence-corrected chi connectivity index (χ0v) is 9.51. The van der Waals surface area contributed by atoms with Gasteiger partial charge < -0.3 is 5.73 Å². The maximum absolute atomic E-state index is 11.9. The Labute approximate surface area is 88.0 Å². The van der Waals surface area contributed by atoms with E-state index in [1.807, 2.05) is 38.1 Å². The van der Waals surface area contributed by atoms with E-state index in [0.717, 1.165) is 16.9 Å². The van der Waals surface area contributed by atoms with Crippen LogP contribution >= 0.6 is 0 Å². The molecule has 14 heavy (non-hydrogen) atoms. The molecule has 0 spiro atoms. The molecule has 0 radical (unpaired) electrons. The van der Waals surface area contributed by atoms with Crippen LogP contribution in [0.25, 0.3) is 0 Å². The average molecular weight is 211 g/mol. The predicted molar refractivity (Wildman–Crippen MR) is 60.7 cm³/mol. The monoisotopic (exact) mass is 211 g/mol. The van der Waals surface area contributed by atoms with Crippen LogP contribution in [0.3, 0.4) is 0 Å². The second kappa shape index (κ2) is 5.27. The van der Waals surface area contributed by atoms with E-state index in [1.165, 1.54) is 0 Å². The van der Waals surface area contributed by atoms with E-state index in [0.29, 0.717) is 6.54 Å². The van der Waals surface area contributed by atoms with Crippen LogP contribution in [0.4, 0.5) is 0 Å². The molecule has 1 aromatic rings. The van der Waals surface area contributed by atoms with Crippen molar-refractivity contribution < 1.29 is 4.21 Å². The predicted octanol–water partition coefficient (Wildman–Crippen LogP) is 1.84. The summed E-state index contributed by atoms with van der Waals surface area (Å²) in [6, 6.07) is 7.84. The first kappa shape index (κ1) is 11.4. The van der Waals surface area contributed by atoms with Gasteiger partial charge in [0.05, 0.1) is 10.8 Å². The number of hydrogen-bond donors (Lipinski definition) is 1. The van der Waals surface area contributed by atoms with Crippen molar-refractivity contribution in [1.29, 1.82) is 0 Å². The third kappa shape index (κ3) is 2.93. The van der Waals surface area contributed by atoms with Crippen LogP contribution in [0.15, 0.2) is 29.2 Å². The van der Waals surface area contributed by atoms with Crippen molar-refractivity contribution in [1.82, 2.24) is 0 Å². The molecule has 0 aliphatic carbocycles. The molecule has 0 aliphatic heterocycles. The summed E-state index contributed by atoms with van der Waals surface area (Å²) in [7, 11) is -0.918. The molecular formula is C11H17NOS. The molecular weight excluding hydrogens is 194 g/mol. The lowest BCUT2D eigenvalue weighted by Gasteiger charge is -2.10. The molecule has 0 saturated carbocycles. The Morgan fingerprint density at radius 2 is 2.21 bits per heavy atom. The molecule has 0 aromatic heterocycles. The molecule has 2 nitrogen and oxygen atoms in total. The van der Waals surface area contributed by atoms with Crippen LogP contribution in [0.5, 0.6) is 0 Å². The first-order chi connectivity index (χ1) is 6.65. The Balaban J connectivity index is 2.78. The van der Waals surface area contributed by atoms with Crippen molar-refractivity contribution in [3.05, 3.63) is 29.8 Å². The summed E-state index contributed by atoms with van der Waals surface area (Å²) in [4.78, 5) is 0.908. The van der Waals surface area contributed by atoms with Gasteiger partial charge in [0.2, 0.25) is 0 Å². The molecule has 2 unspecified atom stereocenters. The van der Waals surface area contributed by atoms with Crippen LogP contribution in [0, 0.1) is 6.92 Å². The second-order valence-corrected chi connectivity index (χ2v) is 5.37. The quantitative estimate of drug-likeness (QED) is 0.825. The van der Waals surface area contributed by atoms with Crippen molar-refractivity contribution in [3.8, 4) is 0 Å². The van der Waals surface area contributed by atoms with Gasteiger partial charge in [0.1, 0.15) is 0 Å². The summed E-state index contributed by atoms with van der Waals surface area (Å²) in [6.45, 7) is 4.58. The summed E-state index contributed by atoms with van der Waals surface area (Å²) < 4.78 is 11.9. The third-order valence-electron chi connectivity index (χ3n) is 2.16. The van der Waals surface area contributed by atoms with Crippen molar-refractivity contribution in [3.63, 3.8) is 0 Å². The molecule has 1 aromatic carbocycles. The van der Waals surface area contributed by atoms with Crippen molar-refractivity contribution in [2.45, 2.75) is 30.4 Å².